The molecule has 8 heteroatoms. The quantitative estimate of drug-likeness (QED) is 0.661. The fourth-order valence-corrected chi connectivity index (χ4v) is 4.33. The molecule has 4 rings (SSSR count). The van der Waals surface area contributed by atoms with Crippen LogP contribution < -0.4 is 16.6 Å². The highest BCUT2D eigenvalue weighted by molar-refractivity contribution is 5.94. The summed E-state index contributed by atoms with van der Waals surface area (Å²) in [7, 11) is 2.97. The van der Waals surface area contributed by atoms with Gasteiger partial charge in [0.15, 0.2) is 0 Å². The summed E-state index contributed by atoms with van der Waals surface area (Å²) < 4.78 is 2.32. The van der Waals surface area contributed by atoms with Gasteiger partial charge in [0.25, 0.3) is 11.5 Å². The molecule has 0 radical (unpaired) electrons. The molecule has 1 aliphatic heterocycles. The van der Waals surface area contributed by atoms with Crippen LogP contribution in [0.3, 0.4) is 0 Å². The van der Waals surface area contributed by atoms with Crippen LogP contribution in [0.5, 0.6) is 0 Å². The molecule has 1 aliphatic rings. The van der Waals surface area contributed by atoms with Crippen LogP contribution in [0.2, 0.25) is 0 Å². The van der Waals surface area contributed by atoms with Gasteiger partial charge in [-0.25, -0.2) is 9.78 Å². The largest absolute Gasteiger partial charge is 0.349 e. The maximum atomic E-state index is 12.9. The van der Waals surface area contributed by atoms with Crippen LogP contribution in [0.25, 0.3) is 11.0 Å². The third kappa shape index (κ3) is 4.23. The third-order valence-corrected chi connectivity index (χ3v) is 6.43. The summed E-state index contributed by atoms with van der Waals surface area (Å²) in [6.45, 7) is 4.72. The van der Waals surface area contributed by atoms with E-state index >= 15 is 0 Å². The molecular weight excluding hydrogens is 406 g/mol. The summed E-state index contributed by atoms with van der Waals surface area (Å²) in [4.78, 5) is 44.3. The first-order chi connectivity index (χ1) is 15.4. The number of hydrogen-bond acceptors (Lipinski definition) is 5. The highest BCUT2D eigenvalue weighted by atomic mass is 16.2. The number of nitrogens with one attached hydrogen (secondary N) is 1. The van der Waals surface area contributed by atoms with Crippen molar-refractivity contribution in [1.29, 1.82) is 0 Å². The Morgan fingerprint density at radius 3 is 2.44 bits per heavy atom. The molecule has 1 fully saturated rings. The van der Waals surface area contributed by atoms with Crippen molar-refractivity contribution in [2.75, 3.05) is 19.6 Å². The molecule has 1 saturated heterocycles. The fourth-order valence-electron chi connectivity index (χ4n) is 4.33. The molecule has 0 saturated carbocycles. The molecule has 0 bridgehead atoms. The molecule has 0 aliphatic carbocycles. The normalized spacial score (nSPS) is 16.2. The predicted octanol–water partition coefficient (Wildman–Crippen LogP) is 1.84. The van der Waals surface area contributed by atoms with Crippen LogP contribution in [-0.4, -0.2) is 44.6 Å². The molecule has 8 nitrogen and oxygen atoms in total. The Bertz CT molecular complexity index is 1240. The number of aryl methyl sites for hydroxylation is 1. The SMILES string of the molecule is CC1CCN(C(CNC(=O)c2ccc3c(=O)n(C)c(=O)n(C)c3n2)c2ccccc2)CC1. The van der Waals surface area contributed by atoms with Gasteiger partial charge in [-0.3, -0.25) is 23.6 Å². The number of likely N-dealkylation sites (tertiary alicyclic amines) is 1. The predicted molar refractivity (Wildman–Crippen MR) is 124 cm³/mol. The number of carbonyl (C=O) groups excluding carboxylic acids is 1. The lowest BCUT2D eigenvalue weighted by Crippen LogP contribution is -2.42. The molecule has 0 spiro atoms. The zero-order chi connectivity index (χ0) is 22.8. The van der Waals surface area contributed by atoms with Gasteiger partial charge in [0, 0.05) is 20.6 Å². The Morgan fingerprint density at radius 2 is 1.75 bits per heavy atom. The smallest absolute Gasteiger partial charge is 0.332 e. The molecule has 2 aromatic heterocycles. The Balaban J connectivity index is 1.57. The number of nitrogens with zero attached hydrogens (tertiary/aromatic N) is 4. The van der Waals surface area contributed by atoms with E-state index in [1.54, 1.807) is 13.1 Å². The summed E-state index contributed by atoms with van der Waals surface area (Å²) >= 11 is 0. The molecule has 1 aromatic carbocycles. The van der Waals surface area contributed by atoms with Crippen LogP contribution in [0.15, 0.2) is 52.1 Å². The average Bonchev–Trinajstić information content (AvgIpc) is 2.82. The first kappa shape index (κ1) is 22.0. The van der Waals surface area contributed by atoms with Crippen LogP contribution in [0.1, 0.15) is 41.9 Å². The van der Waals surface area contributed by atoms with E-state index in [9.17, 15) is 14.4 Å². The first-order valence-corrected chi connectivity index (χ1v) is 11.0. The third-order valence-electron chi connectivity index (χ3n) is 6.43. The zero-order valence-corrected chi connectivity index (χ0v) is 18.7. The van der Waals surface area contributed by atoms with E-state index in [2.05, 4.69) is 34.3 Å². The second kappa shape index (κ2) is 9.08. The summed E-state index contributed by atoms with van der Waals surface area (Å²) in [5.74, 6) is 0.393. The second-order valence-corrected chi connectivity index (χ2v) is 8.63. The lowest BCUT2D eigenvalue weighted by Gasteiger charge is -2.37. The van der Waals surface area contributed by atoms with Crippen molar-refractivity contribution in [3.63, 3.8) is 0 Å². The minimum atomic E-state index is -0.476. The number of benzene rings is 1. The molecule has 32 heavy (non-hydrogen) atoms. The van der Waals surface area contributed by atoms with Gasteiger partial charge in [-0.15, -0.1) is 0 Å². The minimum Gasteiger partial charge on any atom is -0.349 e. The van der Waals surface area contributed by atoms with Crippen molar-refractivity contribution < 1.29 is 4.79 Å². The van der Waals surface area contributed by atoms with Gasteiger partial charge in [0.2, 0.25) is 0 Å². The van der Waals surface area contributed by atoms with Gasteiger partial charge in [-0.2, -0.15) is 0 Å². The summed E-state index contributed by atoms with van der Waals surface area (Å²) in [6.07, 6.45) is 2.29. The Morgan fingerprint density at radius 1 is 1.06 bits per heavy atom. The van der Waals surface area contributed by atoms with Gasteiger partial charge in [0.05, 0.1) is 11.4 Å². The molecule has 3 aromatic rings. The van der Waals surface area contributed by atoms with Crippen molar-refractivity contribution in [2.24, 2.45) is 20.0 Å². The van der Waals surface area contributed by atoms with Crippen molar-refractivity contribution in [1.82, 2.24) is 24.3 Å². The number of fused-ring (bicyclic) bond motifs is 1. The van der Waals surface area contributed by atoms with Gasteiger partial charge < -0.3 is 5.32 Å². The zero-order valence-electron chi connectivity index (χ0n) is 18.7. The van der Waals surface area contributed by atoms with Gasteiger partial charge in [0.1, 0.15) is 11.3 Å². The first-order valence-electron chi connectivity index (χ1n) is 11.0. The van der Waals surface area contributed by atoms with E-state index in [0.717, 1.165) is 36.4 Å². The lowest BCUT2D eigenvalue weighted by atomic mass is 9.95. The van der Waals surface area contributed by atoms with Crippen LogP contribution in [0.4, 0.5) is 0 Å². The van der Waals surface area contributed by atoms with Crippen LogP contribution in [-0.2, 0) is 14.1 Å². The number of aromatic nitrogens is 3. The molecular formula is C24H29N5O3. The molecule has 1 atom stereocenters. The second-order valence-electron chi connectivity index (χ2n) is 8.63. The van der Waals surface area contributed by atoms with Crippen molar-refractivity contribution >= 4 is 16.9 Å². The fraction of sp³-hybridized carbons (Fsp3) is 0.417. The number of pyridine rings is 1. The van der Waals surface area contributed by atoms with E-state index in [1.807, 2.05) is 18.2 Å². The highest BCUT2D eigenvalue weighted by Crippen LogP contribution is 2.26. The van der Waals surface area contributed by atoms with Crippen molar-refractivity contribution in [3.8, 4) is 0 Å². The summed E-state index contributed by atoms with van der Waals surface area (Å²) in [6, 6.07) is 13.4. The van der Waals surface area contributed by atoms with Crippen LogP contribution in [0, 0.1) is 5.92 Å². The molecule has 1 amide bonds. The molecule has 168 valence electrons. The Labute approximate surface area is 186 Å². The van der Waals surface area contributed by atoms with E-state index in [0.29, 0.717) is 11.9 Å². The van der Waals surface area contributed by atoms with E-state index in [-0.39, 0.29) is 23.3 Å². The Hall–Kier alpha value is -3.26. The van der Waals surface area contributed by atoms with Gasteiger partial charge in [-0.05, 0) is 49.5 Å². The maximum absolute atomic E-state index is 12.9. The molecule has 3 heterocycles. The van der Waals surface area contributed by atoms with E-state index in [4.69, 9.17) is 0 Å². The standard InChI is InChI=1S/C24H29N5O3/c1-16-11-13-29(14-12-16)20(17-7-5-4-6-8-17)15-25-22(30)19-10-9-18-21(26-19)27(2)24(32)28(3)23(18)31/h4-10,16,20H,11-15H2,1-3H3,(H,25,30). The van der Waals surface area contributed by atoms with Crippen molar-refractivity contribution in [2.45, 2.75) is 25.8 Å². The van der Waals surface area contributed by atoms with E-state index in [1.165, 1.54) is 23.2 Å². The molecule has 1 N–H and O–H groups in total. The monoisotopic (exact) mass is 435 g/mol. The Kier molecular flexibility index (Phi) is 6.23. The number of rotatable bonds is 5. The summed E-state index contributed by atoms with van der Waals surface area (Å²) in [5, 5.41) is 3.32. The molecule has 1 unspecified atom stereocenters. The number of hydrogen-bond donors (Lipinski definition) is 1. The topological polar surface area (TPSA) is 89.2 Å². The number of carbonyl (C=O) groups is 1. The van der Waals surface area contributed by atoms with Gasteiger partial charge >= 0.3 is 5.69 Å². The average molecular weight is 436 g/mol. The maximum Gasteiger partial charge on any atom is 0.332 e. The highest BCUT2D eigenvalue weighted by Gasteiger charge is 2.25. The summed E-state index contributed by atoms with van der Waals surface area (Å²) in [5.41, 5.74) is 0.650. The van der Waals surface area contributed by atoms with Crippen molar-refractivity contribution in [3.05, 3.63) is 74.6 Å². The minimum absolute atomic E-state index is 0.0738. The van der Waals surface area contributed by atoms with Gasteiger partial charge in [-0.1, -0.05) is 37.3 Å². The van der Waals surface area contributed by atoms with Crippen LogP contribution >= 0.6 is 0 Å². The number of piperidine rings is 1. The van der Waals surface area contributed by atoms with E-state index < -0.39 is 11.2 Å². The number of amides is 1. The lowest BCUT2D eigenvalue weighted by molar-refractivity contribution is 0.0908.